The van der Waals surface area contributed by atoms with Gasteiger partial charge < -0.3 is 4.74 Å². The van der Waals surface area contributed by atoms with E-state index in [1.54, 1.807) is 20.8 Å². The van der Waals surface area contributed by atoms with Gasteiger partial charge in [-0.2, -0.15) is 0 Å². The highest BCUT2D eigenvalue weighted by molar-refractivity contribution is 9.11. The number of esters is 1. The van der Waals surface area contributed by atoms with Crippen LogP contribution >= 0.6 is 27.3 Å². The quantitative estimate of drug-likeness (QED) is 0.812. The van der Waals surface area contributed by atoms with E-state index in [9.17, 15) is 14.4 Å². The molecule has 0 spiro atoms. The van der Waals surface area contributed by atoms with Crippen molar-refractivity contribution in [2.45, 2.75) is 32.9 Å². The third-order valence-corrected chi connectivity index (χ3v) is 3.64. The van der Waals surface area contributed by atoms with Gasteiger partial charge in [0.25, 0.3) is 5.56 Å². The first-order valence-corrected chi connectivity index (χ1v) is 7.29. The van der Waals surface area contributed by atoms with E-state index in [4.69, 9.17) is 4.74 Å². The van der Waals surface area contributed by atoms with Crippen molar-refractivity contribution >= 4 is 43.6 Å². The summed E-state index contributed by atoms with van der Waals surface area (Å²) in [5.74, 6) is -0.654. The summed E-state index contributed by atoms with van der Waals surface area (Å²) in [5.41, 5.74) is -1.84. The van der Waals surface area contributed by atoms with Crippen LogP contribution in [-0.2, 0) is 16.1 Å². The fourth-order valence-corrected chi connectivity index (χ4v) is 2.89. The Hall–Kier alpha value is -1.48. The first kappa shape index (κ1) is 14.9. The van der Waals surface area contributed by atoms with Gasteiger partial charge in [-0.05, 0) is 36.7 Å². The van der Waals surface area contributed by atoms with Crippen LogP contribution < -0.4 is 11.2 Å². The van der Waals surface area contributed by atoms with Gasteiger partial charge in [0, 0.05) is 0 Å². The lowest BCUT2D eigenvalue weighted by molar-refractivity contribution is -0.155. The highest BCUT2D eigenvalue weighted by Crippen LogP contribution is 2.20. The van der Waals surface area contributed by atoms with Crippen molar-refractivity contribution in [3.63, 3.8) is 0 Å². The van der Waals surface area contributed by atoms with Gasteiger partial charge in [0.2, 0.25) is 0 Å². The minimum atomic E-state index is -0.679. The SMILES string of the molecule is CC(C)(C)OC(=O)Cn1c(=O)[nH]c2sc(Br)nc2c1=O. The van der Waals surface area contributed by atoms with Gasteiger partial charge in [-0.25, -0.2) is 14.3 Å². The molecule has 0 radical (unpaired) electrons. The molecule has 2 rings (SSSR count). The normalized spacial score (nSPS) is 11.8. The monoisotopic (exact) mass is 361 g/mol. The molecule has 2 aromatic heterocycles. The Labute approximate surface area is 125 Å². The summed E-state index contributed by atoms with van der Waals surface area (Å²) < 4.78 is 6.35. The summed E-state index contributed by atoms with van der Waals surface area (Å²) in [4.78, 5) is 42.5. The van der Waals surface area contributed by atoms with Gasteiger partial charge in [0.05, 0.1) is 0 Å². The van der Waals surface area contributed by atoms with Crippen molar-refractivity contribution in [3.8, 4) is 0 Å². The number of ether oxygens (including phenoxy) is 1. The summed E-state index contributed by atoms with van der Waals surface area (Å²) in [5, 5.41) is 0. The lowest BCUT2D eigenvalue weighted by Crippen LogP contribution is -2.39. The molecule has 0 aliphatic rings. The highest BCUT2D eigenvalue weighted by atomic mass is 79.9. The molecule has 0 aliphatic heterocycles. The van der Waals surface area contributed by atoms with Crippen LogP contribution in [0.25, 0.3) is 10.3 Å². The molecule has 20 heavy (non-hydrogen) atoms. The van der Waals surface area contributed by atoms with E-state index in [1.165, 1.54) is 0 Å². The second-order valence-corrected chi connectivity index (χ2v) is 7.33. The number of H-pyrrole nitrogens is 1. The maximum atomic E-state index is 12.1. The first-order chi connectivity index (χ1) is 9.17. The lowest BCUT2D eigenvalue weighted by atomic mass is 10.2. The molecule has 0 bridgehead atoms. The number of rotatable bonds is 2. The Morgan fingerprint density at radius 3 is 2.70 bits per heavy atom. The van der Waals surface area contributed by atoms with E-state index < -0.39 is 29.4 Å². The Morgan fingerprint density at radius 1 is 1.45 bits per heavy atom. The maximum absolute atomic E-state index is 12.1. The lowest BCUT2D eigenvalue weighted by Gasteiger charge is -2.19. The van der Waals surface area contributed by atoms with Gasteiger partial charge in [0.1, 0.15) is 17.0 Å². The summed E-state index contributed by atoms with van der Waals surface area (Å²) in [6.45, 7) is 4.67. The van der Waals surface area contributed by atoms with E-state index in [-0.39, 0.29) is 5.52 Å². The van der Waals surface area contributed by atoms with Crippen LogP contribution in [0.15, 0.2) is 13.5 Å². The smallest absolute Gasteiger partial charge is 0.330 e. The largest absolute Gasteiger partial charge is 0.459 e. The van der Waals surface area contributed by atoms with E-state index in [0.717, 1.165) is 15.9 Å². The summed E-state index contributed by atoms with van der Waals surface area (Å²) in [7, 11) is 0. The van der Waals surface area contributed by atoms with Gasteiger partial charge in [-0.1, -0.05) is 11.3 Å². The number of aromatic nitrogens is 3. The number of aromatic amines is 1. The minimum absolute atomic E-state index is 0.116. The Morgan fingerprint density at radius 2 is 2.10 bits per heavy atom. The zero-order valence-electron chi connectivity index (χ0n) is 11.0. The molecule has 1 N–H and O–H groups in total. The number of halogens is 1. The molecule has 0 saturated carbocycles. The molecular formula is C11H12BrN3O4S. The number of hydrogen-bond donors (Lipinski definition) is 1. The van der Waals surface area contributed by atoms with Gasteiger partial charge in [-0.3, -0.25) is 14.6 Å². The summed E-state index contributed by atoms with van der Waals surface area (Å²) in [6.07, 6.45) is 0. The molecule has 0 aliphatic carbocycles. The van der Waals surface area contributed by atoms with Crippen LogP contribution in [0.5, 0.6) is 0 Å². The summed E-state index contributed by atoms with van der Waals surface area (Å²) >= 11 is 4.28. The van der Waals surface area contributed by atoms with E-state index >= 15 is 0 Å². The second kappa shape index (κ2) is 5.13. The number of carbonyl (C=O) groups is 1. The molecule has 0 unspecified atom stereocenters. The van der Waals surface area contributed by atoms with E-state index in [0.29, 0.717) is 8.75 Å². The minimum Gasteiger partial charge on any atom is -0.459 e. The molecule has 7 nitrogen and oxygen atoms in total. The zero-order chi connectivity index (χ0) is 15.1. The zero-order valence-corrected chi connectivity index (χ0v) is 13.4. The van der Waals surface area contributed by atoms with Crippen molar-refractivity contribution in [2.24, 2.45) is 0 Å². The molecule has 0 amide bonds. The van der Waals surface area contributed by atoms with E-state index in [2.05, 4.69) is 25.9 Å². The molecule has 2 heterocycles. The second-order valence-electron chi connectivity index (χ2n) is 5.05. The molecule has 108 valence electrons. The fourth-order valence-electron chi connectivity index (χ4n) is 1.55. The van der Waals surface area contributed by atoms with Crippen LogP contribution in [-0.4, -0.2) is 26.1 Å². The number of thiazole rings is 1. The van der Waals surface area contributed by atoms with Crippen LogP contribution in [0.2, 0.25) is 0 Å². The number of carbonyl (C=O) groups excluding carboxylic acids is 1. The first-order valence-electron chi connectivity index (χ1n) is 5.68. The number of nitrogens with one attached hydrogen (secondary N) is 1. The molecule has 0 aromatic carbocycles. The molecule has 0 saturated heterocycles. The molecule has 2 aromatic rings. The van der Waals surface area contributed by atoms with Crippen LogP contribution in [0.3, 0.4) is 0 Å². The molecule has 0 atom stereocenters. The predicted octanol–water partition coefficient (Wildman–Crippen LogP) is 1.25. The van der Waals surface area contributed by atoms with E-state index in [1.807, 2.05) is 0 Å². The molecule has 9 heteroatoms. The third-order valence-electron chi connectivity index (χ3n) is 2.22. The standard InChI is InChI=1S/C11H12BrN3O4S/c1-11(2,3)19-5(16)4-15-8(17)6-7(14-10(15)18)20-9(12)13-6/h4H2,1-3H3,(H,14,18). The van der Waals surface area contributed by atoms with Crippen LogP contribution in [0, 0.1) is 0 Å². The highest BCUT2D eigenvalue weighted by Gasteiger charge is 2.19. The third kappa shape index (κ3) is 3.15. The Bertz CT molecular complexity index is 784. The average Bonchev–Trinajstić information content (AvgIpc) is 2.62. The molecular weight excluding hydrogens is 350 g/mol. The summed E-state index contributed by atoms with van der Waals surface area (Å²) in [6, 6.07) is 0. The Kier molecular flexibility index (Phi) is 3.83. The number of nitrogens with zero attached hydrogens (tertiary/aromatic N) is 2. The van der Waals surface area contributed by atoms with Crippen molar-refractivity contribution in [1.82, 2.24) is 14.5 Å². The fraction of sp³-hybridized carbons (Fsp3) is 0.455. The topological polar surface area (TPSA) is 94.1 Å². The van der Waals surface area contributed by atoms with Crippen molar-refractivity contribution in [3.05, 3.63) is 24.8 Å². The van der Waals surface area contributed by atoms with Crippen molar-refractivity contribution in [2.75, 3.05) is 0 Å². The van der Waals surface area contributed by atoms with Gasteiger partial charge in [-0.15, -0.1) is 0 Å². The number of fused-ring (bicyclic) bond motifs is 1. The maximum Gasteiger partial charge on any atom is 0.330 e. The van der Waals surface area contributed by atoms with Crippen LogP contribution in [0.1, 0.15) is 20.8 Å². The van der Waals surface area contributed by atoms with Crippen molar-refractivity contribution in [1.29, 1.82) is 0 Å². The van der Waals surface area contributed by atoms with Gasteiger partial charge >= 0.3 is 11.7 Å². The Balaban J connectivity index is 2.42. The number of hydrogen-bond acceptors (Lipinski definition) is 6. The van der Waals surface area contributed by atoms with Crippen molar-refractivity contribution < 1.29 is 9.53 Å². The molecule has 0 fully saturated rings. The van der Waals surface area contributed by atoms with Gasteiger partial charge in [0.15, 0.2) is 9.43 Å². The predicted molar refractivity (Wildman–Crippen MR) is 78.0 cm³/mol. The van der Waals surface area contributed by atoms with Crippen LogP contribution in [0.4, 0.5) is 0 Å². The average molecular weight is 362 g/mol.